The molecular weight excluding hydrogens is 339 g/mol. The van der Waals surface area contributed by atoms with E-state index in [4.69, 9.17) is 11.6 Å². The summed E-state index contributed by atoms with van der Waals surface area (Å²) >= 11 is 5.70. The lowest BCUT2D eigenvalue weighted by atomic mass is 10.2. The summed E-state index contributed by atoms with van der Waals surface area (Å²) in [5.74, 6) is -0.625. The molecule has 2 aromatic rings. The van der Waals surface area contributed by atoms with Gasteiger partial charge >= 0.3 is 0 Å². The van der Waals surface area contributed by atoms with Gasteiger partial charge in [0, 0.05) is 31.9 Å². The van der Waals surface area contributed by atoms with Gasteiger partial charge in [-0.25, -0.2) is 12.8 Å². The molecule has 0 aliphatic carbocycles. The summed E-state index contributed by atoms with van der Waals surface area (Å²) in [6.07, 6.45) is 0. The van der Waals surface area contributed by atoms with E-state index in [1.165, 1.54) is 10.4 Å². The van der Waals surface area contributed by atoms with Crippen LogP contribution in [0.2, 0.25) is 5.02 Å². The van der Waals surface area contributed by atoms with Gasteiger partial charge in [0.2, 0.25) is 10.0 Å². The largest absolute Gasteiger partial charge is 0.369 e. The van der Waals surface area contributed by atoms with Crippen molar-refractivity contribution in [1.29, 1.82) is 0 Å². The van der Waals surface area contributed by atoms with Gasteiger partial charge in [-0.2, -0.15) is 4.31 Å². The first-order valence-electron chi connectivity index (χ1n) is 7.24. The molecule has 7 heteroatoms. The summed E-state index contributed by atoms with van der Waals surface area (Å²) in [6, 6.07) is 13.4. The molecule has 1 saturated heterocycles. The molecule has 122 valence electrons. The molecule has 3 rings (SSSR count). The van der Waals surface area contributed by atoms with Crippen molar-refractivity contribution in [3.8, 4) is 0 Å². The first-order chi connectivity index (χ1) is 11.0. The molecule has 0 atom stereocenters. The van der Waals surface area contributed by atoms with Crippen molar-refractivity contribution >= 4 is 27.3 Å². The molecule has 1 fully saturated rings. The van der Waals surface area contributed by atoms with Crippen molar-refractivity contribution < 1.29 is 12.8 Å². The molecule has 1 aliphatic heterocycles. The third-order valence-electron chi connectivity index (χ3n) is 3.89. The number of benzene rings is 2. The van der Waals surface area contributed by atoms with E-state index in [2.05, 4.69) is 4.90 Å². The second-order valence-corrected chi connectivity index (χ2v) is 7.65. The number of sulfonamides is 1. The fourth-order valence-corrected chi connectivity index (χ4v) is 4.31. The summed E-state index contributed by atoms with van der Waals surface area (Å²) in [5, 5.41) is -0.186. The maximum absolute atomic E-state index is 13.2. The topological polar surface area (TPSA) is 40.6 Å². The van der Waals surface area contributed by atoms with Crippen molar-refractivity contribution in [2.24, 2.45) is 0 Å². The third-order valence-corrected chi connectivity index (χ3v) is 6.07. The number of hydrogen-bond acceptors (Lipinski definition) is 3. The van der Waals surface area contributed by atoms with Gasteiger partial charge in [0.1, 0.15) is 5.82 Å². The molecule has 0 bridgehead atoms. The highest BCUT2D eigenvalue weighted by Gasteiger charge is 2.29. The van der Waals surface area contributed by atoms with Gasteiger partial charge in [-0.1, -0.05) is 29.8 Å². The summed E-state index contributed by atoms with van der Waals surface area (Å²) in [7, 11) is -3.65. The Kier molecular flexibility index (Phi) is 4.57. The predicted molar refractivity (Wildman–Crippen MR) is 88.8 cm³/mol. The van der Waals surface area contributed by atoms with E-state index < -0.39 is 15.8 Å². The Morgan fingerprint density at radius 1 is 0.957 bits per heavy atom. The Hall–Kier alpha value is -1.63. The summed E-state index contributed by atoms with van der Waals surface area (Å²) in [4.78, 5) is 2.17. The van der Waals surface area contributed by atoms with Crippen LogP contribution in [0.1, 0.15) is 0 Å². The molecule has 1 aliphatic rings. The first kappa shape index (κ1) is 16.2. The van der Waals surface area contributed by atoms with E-state index in [9.17, 15) is 12.8 Å². The molecule has 0 unspecified atom stereocenters. The Bertz CT molecular complexity index is 791. The number of para-hydroxylation sites is 1. The quantitative estimate of drug-likeness (QED) is 0.850. The monoisotopic (exact) mass is 354 g/mol. The fourth-order valence-electron chi connectivity index (χ4n) is 2.61. The minimum absolute atomic E-state index is 0.0251. The molecule has 0 radical (unpaired) electrons. The number of rotatable bonds is 3. The number of halogens is 2. The van der Waals surface area contributed by atoms with E-state index >= 15 is 0 Å². The van der Waals surface area contributed by atoms with Crippen LogP contribution >= 0.6 is 11.6 Å². The molecule has 1 heterocycles. The van der Waals surface area contributed by atoms with Crippen molar-refractivity contribution in [3.63, 3.8) is 0 Å². The van der Waals surface area contributed by atoms with Crippen LogP contribution in [0.4, 0.5) is 10.1 Å². The fraction of sp³-hybridized carbons (Fsp3) is 0.250. The van der Waals surface area contributed by atoms with Gasteiger partial charge in [-0.15, -0.1) is 0 Å². The van der Waals surface area contributed by atoms with Crippen molar-refractivity contribution in [3.05, 3.63) is 59.4 Å². The number of anilines is 1. The maximum Gasteiger partial charge on any atom is 0.243 e. The maximum atomic E-state index is 13.2. The Balaban J connectivity index is 1.75. The molecule has 0 aromatic heterocycles. The molecule has 0 amide bonds. The van der Waals surface area contributed by atoms with Crippen LogP contribution in [0.3, 0.4) is 0 Å². The van der Waals surface area contributed by atoms with Crippen LogP contribution in [-0.4, -0.2) is 38.9 Å². The number of piperazine rings is 1. The van der Waals surface area contributed by atoms with Crippen LogP contribution in [-0.2, 0) is 10.0 Å². The molecule has 2 aromatic carbocycles. The number of hydrogen-bond donors (Lipinski definition) is 0. The molecule has 0 spiro atoms. The van der Waals surface area contributed by atoms with Crippen molar-refractivity contribution in [2.45, 2.75) is 4.90 Å². The van der Waals surface area contributed by atoms with Crippen molar-refractivity contribution in [1.82, 2.24) is 4.31 Å². The number of nitrogens with zero attached hydrogens (tertiary/aromatic N) is 2. The highest BCUT2D eigenvalue weighted by Crippen LogP contribution is 2.24. The molecule has 4 nitrogen and oxygen atoms in total. The van der Waals surface area contributed by atoms with Crippen LogP contribution in [0.15, 0.2) is 53.4 Å². The van der Waals surface area contributed by atoms with Gasteiger partial charge in [-0.3, -0.25) is 0 Å². The third kappa shape index (κ3) is 3.34. The summed E-state index contributed by atoms with van der Waals surface area (Å²) < 4.78 is 39.9. The van der Waals surface area contributed by atoms with E-state index in [1.54, 1.807) is 0 Å². The Labute approximate surface area is 140 Å². The van der Waals surface area contributed by atoms with Gasteiger partial charge in [0.25, 0.3) is 0 Å². The lowest BCUT2D eigenvalue weighted by molar-refractivity contribution is 0.385. The zero-order chi connectivity index (χ0) is 16.4. The lowest BCUT2D eigenvalue weighted by Crippen LogP contribution is -2.48. The lowest BCUT2D eigenvalue weighted by Gasteiger charge is -2.35. The van der Waals surface area contributed by atoms with Crippen LogP contribution in [0, 0.1) is 5.82 Å². The smallest absolute Gasteiger partial charge is 0.243 e. The minimum atomic E-state index is -3.65. The molecule has 0 N–H and O–H groups in total. The van der Waals surface area contributed by atoms with Gasteiger partial charge in [0.05, 0.1) is 9.92 Å². The van der Waals surface area contributed by atoms with E-state index in [0.29, 0.717) is 26.2 Å². The Morgan fingerprint density at radius 2 is 1.61 bits per heavy atom. The first-order valence-corrected chi connectivity index (χ1v) is 9.05. The molecular formula is C16H16ClFN2O2S. The summed E-state index contributed by atoms with van der Waals surface area (Å²) in [5.41, 5.74) is 1.08. The van der Waals surface area contributed by atoms with Crippen LogP contribution in [0.25, 0.3) is 0 Å². The minimum Gasteiger partial charge on any atom is -0.369 e. The predicted octanol–water partition coefficient (Wildman–Crippen LogP) is 2.99. The average Bonchev–Trinajstić information content (AvgIpc) is 2.58. The van der Waals surface area contributed by atoms with Crippen LogP contribution in [0.5, 0.6) is 0 Å². The highest BCUT2D eigenvalue weighted by molar-refractivity contribution is 7.89. The van der Waals surface area contributed by atoms with Gasteiger partial charge in [-0.05, 0) is 30.3 Å². The highest BCUT2D eigenvalue weighted by atomic mass is 35.5. The standard InChI is InChI=1S/C16H16ClFN2O2S/c17-15-12-14(6-7-16(15)18)23(21,22)20-10-8-19(9-11-20)13-4-2-1-3-5-13/h1-7,12H,8-11H2. The second kappa shape index (κ2) is 6.47. The van der Waals surface area contributed by atoms with Gasteiger partial charge in [0.15, 0.2) is 0 Å². The van der Waals surface area contributed by atoms with E-state index in [1.807, 2.05) is 30.3 Å². The summed E-state index contributed by atoms with van der Waals surface area (Å²) in [6.45, 7) is 1.98. The normalized spacial score (nSPS) is 16.5. The zero-order valence-corrected chi connectivity index (χ0v) is 13.9. The second-order valence-electron chi connectivity index (χ2n) is 5.30. The van der Waals surface area contributed by atoms with E-state index in [-0.39, 0.29) is 9.92 Å². The van der Waals surface area contributed by atoms with Gasteiger partial charge < -0.3 is 4.90 Å². The Morgan fingerprint density at radius 3 is 2.22 bits per heavy atom. The molecule has 0 saturated carbocycles. The SMILES string of the molecule is O=S(=O)(c1ccc(F)c(Cl)c1)N1CCN(c2ccccc2)CC1. The van der Waals surface area contributed by atoms with Crippen molar-refractivity contribution in [2.75, 3.05) is 31.1 Å². The zero-order valence-electron chi connectivity index (χ0n) is 12.3. The van der Waals surface area contributed by atoms with E-state index in [0.717, 1.165) is 17.8 Å². The van der Waals surface area contributed by atoms with Crippen LogP contribution < -0.4 is 4.90 Å². The molecule has 23 heavy (non-hydrogen) atoms. The average molecular weight is 355 g/mol.